The summed E-state index contributed by atoms with van der Waals surface area (Å²) in [6, 6.07) is 0.375. The lowest BCUT2D eigenvalue weighted by Crippen LogP contribution is -2.56. The molecule has 2 N–H and O–H groups in total. The number of carbonyl (C=O) groups excluding carboxylic acids is 1. The van der Waals surface area contributed by atoms with Gasteiger partial charge in [0.25, 0.3) is 0 Å². The molecule has 2 fully saturated rings. The quantitative estimate of drug-likeness (QED) is 0.804. The van der Waals surface area contributed by atoms with E-state index in [0.717, 1.165) is 32.6 Å². The van der Waals surface area contributed by atoms with E-state index in [1.807, 2.05) is 18.7 Å². The highest BCUT2D eigenvalue weighted by Crippen LogP contribution is 2.26. The van der Waals surface area contributed by atoms with Gasteiger partial charge in [0, 0.05) is 32.2 Å². The summed E-state index contributed by atoms with van der Waals surface area (Å²) in [4.78, 5) is 28.0. The number of nitrogens with zero attached hydrogens (tertiary/aromatic N) is 2. The smallest absolute Gasteiger partial charge is 0.317 e. The topological polar surface area (TPSA) is 72.9 Å². The van der Waals surface area contributed by atoms with Crippen molar-refractivity contribution in [1.29, 1.82) is 0 Å². The molecule has 120 valence electrons. The largest absolute Gasteiger partial charge is 0.481 e. The number of hydrogen-bond acceptors (Lipinski definition) is 3. The number of nitrogens with one attached hydrogen (secondary N) is 1. The van der Waals surface area contributed by atoms with Crippen molar-refractivity contribution in [3.63, 3.8) is 0 Å². The molecule has 2 saturated heterocycles. The van der Waals surface area contributed by atoms with Gasteiger partial charge >= 0.3 is 12.0 Å². The summed E-state index contributed by atoms with van der Waals surface area (Å²) in [6.07, 6.45) is 3.42. The molecule has 2 aliphatic rings. The van der Waals surface area contributed by atoms with Gasteiger partial charge in [-0.15, -0.1) is 0 Å². The van der Waals surface area contributed by atoms with Crippen LogP contribution >= 0.6 is 0 Å². The lowest BCUT2D eigenvalue weighted by Gasteiger charge is -2.38. The molecule has 0 aromatic heterocycles. The Morgan fingerprint density at radius 1 is 1.24 bits per heavy atom. The summed E-state index contributed by atoms with van der Waals surface area (Å²) >= 11 is 0. The fraction of sp³-hybridized carbons (Fsp3) is 0.867. The first-order chi connectivity index (χ1) is 10.0. The van der Waals surface area contributed by atoms with Gasteiger partial charge in [0.1, 0.15) is 0 Å². The Hall–Kier alpha value is -1.30. The van der Waals surface area contributed by atoms with Gasteiger partial charge in [-0.05, 0) is 32.2 Å². The number of rotatable bonds is 5. The van der Waals surface area contributed by atoms with Gasteiger partial charge in [0.2, 0.25) is 0 Å². The van der Waals surface area contributed by atoms with E-state index in [1.54, 1.807) is 0 Å². The number of fused-ring (bicyclic) bond motifs is 1. The predicted molar refractivity (Wildman–Crippen MR) is 80.2 cm³/mol. The molecule has 0 aromatic carbocycles. The van der Waals surface area contributed by atoms with E-state index in [9.17, 15) is 14.7 Å². The summed E-state index contributed by atoms with van der Waals surface area (Å²) < 4.78 is 0. The fourth-order valence-electron chi connectivity index (χ4n) is 3.41. The number of amides is 2. The van der Waals surface area contributed by atoms with Gasteiger partial charge in [0.15, 0.2) is 0 Å². The lowest BCUT2D eigenvalue weighted by atomic mass is 9.82. The molecule has 0 aliphatic carbocycles. The minimum atomic E-state index is -0.842. The Balaban J connectivity index is 1.88. The number of piperazine rings is 1. The summed E-state index contributed by atoms with van der Waals surface area (Å²) in [6.45, 7) is 7.52. The van der Waals surface area contributed by atoms with Gasteiger partial charge in [-0.3, -0.25) is 9.69 Å². The first-order valence-electron chi connectivity index (χ1n) is 8.02. The number of carboxylic acids is 1. The van der Waals surface area contributed by atoms with Crippen LogP contribution in [0.25, 0.3) is 0 Å². The van der Waals surface area contributed by atoms with E-state index in [0.29, 0.717) is 18.9 Å². The van der Waals surface area contributed by atoms with Crippen LogP contribution in [0.5, 0.6) is 0 Å². The van der Waals surface area contributed by atoms with Crippen LogP contribution in [0.1, 0.15) is 39.5 Å². The van der Waals surface area contributed by atoms with Gasteiger partial charge in [-0.2, -0.15) is 0 Å². The van der Waals surface area contributed by atoms with Gasteiger partial charge in [-0.25, -0.2) is 4.79 Å². The van der Waals surface area contributed by atoms with Crippen molar-refractivity contribution >= 4 is 12.0 Å². The van der Waals surface area contributed by atoms with E-state index in [1.165, 1.54) is 6.42 Å². The molecule has 21 heavy (non-hydrogen) atoms. The van der Waals surface area contributed by atoms with Crippen LogP contribution in [-0.2, 0) is 4.79 Å². The van der Waals surface area contributed by atoms with Crippen LogP contribution in [-0.4, -0.2) is 65.7 Å². The van der Waals surface area contributed by atoms with Crippen LogP contribution < -0.4 is 5.32 Å². The zero-order chi connectivity index (χ0) is 15.5. The van der Waals surface area contributed by atoms with Crippen molar-refractivity contribution in [3.8, 4) is 0 Å². The molecule has 1 atom stereocenters. The van der Waals surface area contributed by atoms with E-state index in [4.69, 9.17) is 0 Å². The minimum absolute atomic E-state index is 0.117. The number of hydrogen-bond donors (Lipinski definition) is 2. The molecular weight excluding hydrogens is 270 g/mol. The predicted octanol–water partition coefficient (Wildman–Crippen LogP) is 1.37. The molecular formula is C15H27N3O3. The fourth-order valence-corrected chi connectivity index (χ4v) is 3.41. The van der Waals surface area contributed by atoms with Crippen molar-refractivity contribution in [2.45, 2.75) is 45.6 Å². The highest BCUT2D eigenvalue weighted by atomic mass is 16.4. The number of urea groups is 1. The maximum absolute atomic E-state index is 12.3. The number of carboxylic acid groups (broad SMARTS) is 1. The molecule has 0 radical (unpaired) electrons. The van der Waals surface area contributed by atoms with Crippen LogP contribution in [0.3, 0.4) is 0 Å². The Morgan fingerprint density at radius 2 is 1.95 bits per heavy atom. The minimum Gasteiger partial charge on any atom is -0.481 e. The second-order valence-electron chi connectivity index (χ2n) is 6.23. The zero-order valence-electron chi connectivity index (χ0n) is 13.1. The van der Waals surface area contributed by atoms with Crippen molar-refractivity contribution in [2.75, 3.05) is 32.7 Å². The Bertz CT molecular complexity index is 396. The normalized spacial score (nSPS) is 23.0. The summed E-state index contributed by atoms with van der Waals surface area (Å²) in [7, 11) is 0. The first-order valence-corrected chi connectivity index (χ1v) is 8.02. The number of aliphatic carboxylic acids is 1. The lowest BCUT2D eigenvalue weighted by molar-refractivity contribution is -0.149. The maximum atomic E-state index is 12.3. The molecule has 2 amide bonds. The SMILES string of the molecule is CCC(CC)(CNC(=O)N1CCN2CCCC2C1)C(=O)O. The van der Waals surface area contributed by atoms with E-state index in [2.05, 4.69) is 10.2 Å². The maximum Gasteiger partial charge on any atom is 0.317 e. The first kappa shape index (κ1) is 16.1. The molecule has 0 bridgehead atoms. The molecule has 2 rings (SSSR count). The summed E-state index contributed by atoms with van der Waals surface area (Å²) in [5.41, 5.74) is -0.842. The second kappa shape index (κ2) is 6.64. The third-order valence-corrected chi connectivity index (χ3v) is 5.26. The van der Waals surface area contributed by atoms with Gasteiger partial charge < -0.3 is 15.3 Å². The highest BCUT2D eigenvalue weighted by molar-refractivity contribution is 5.78. The van der Waals surface area contributed by atoms with Crippen molar-refractivity contribution < 1.29 is 14.7 Å². The molecule has 0 spiro atoms. The van der Waals surface area contributed by atoms with Crippen LogP contribution in [0, 0.1) is 5.41 Å². The molecule has 6 nitrogen and oxygen atoms in total. The molecule has 2 heterocycles. The van der Waals surface area contributed by atoms with Crippen LogP contribution in [0.4, 0.5) is 4.79 Å². The summed E-state index contributed by atoms with van der Waals surface area (Å²) in [5, 5.41) is 12.2. The second-order valence-corrected chi connectivity index (χ2v) is 6.23. The van der Waals surface area contributed by atoms with E-state index in [-0.39, 0.29) is 12.6 Å². The molecule has 6 heteroatoms. The molecule has 2 aliphatic heterocycles. The van der Waals surface area contributed by atoms with Crippen molar-refractivity contribution in [1.82, 2.24) is 15.1 Å². The van der Waals surface area contributed by atoms with Crippen LogP contribution in [0.2, 0.25) is 0 Å². The van der Waals surface area contributed by atoms with Crippen molar-refractivity contribution in [2.24, 2.45) is 5.41 Å². The molecule has 0 saturated carbocycles. The van der Waals surface area contributed by atoms with Gasteiger partial charge in [-0.1, -0.05) is 13.8 Å². The Labute approximate surface area is 126 Å². The average molecular weight is 297 g/mol. The molecule has 0 aromatic rings. The van der Waals surface area contributed by atoms with Crippen LogP contribution in [0.15, 0.2) is 0 Å². The van der Waals surface area contributed by atoms with Crippen molar-refractivity contribution in [3.05, 3.63) is 0 Å². The Kier molecular flexibility index (Phi) is 5.08. The number of carbonyl (C=O) groups is 2. The summed E-state index contributed by atoms with van der Waals surface area (Å²) in [5.74, 6) is -0.826. The van der Waals surface area contributed by atoms with E-state index < -0.39 is 11.4 Å². The highest BCUT2D eigenvalue weighted by Gasteiger charge is 2.37. The average Bonchev–Trinajstić information content (AvgIpc) is 2.95. The monoisotopic (exact) mass is 297 g/mol. The third kappa shape index (κ3) is 3.31. The standard InChI is InChI=1S/C15H27N3O3/c1-3-15(4-2,13(19)20)11-16-14(21)18-9-8-17-7-5-6-12(17)10-18/h12H,3-11H2,1-2H3,(H,16,21)(H,19,20). The third-order valence-electron chi connectivity index (χ3n) is 5.26. The van der Waals surface area contributed by atoms with E-state index >= 15 is 0 Å². The zero-order valence-corrected chi connectivity index (χ0v) is 13.1. The Morgan fingerprint density at radius 3 is 2.57 bits per heavy atom. The van der Waals surface area contributed by atoms with Gasteiger partial charge in [0.05, 0.1) is 5.41 Å². The molecule has 1 unspecified atom stereocenters.